The van der Waals surface area contributed by atoms with Gasteiger partial charge in [0.25, 0.3) is 0 Å². The van der Waals surface area contributed by atoms with Crippen LogP contribution in [0.3, 0.4) is 0 Å². The normalized spacial score (nSPS) is 23.0. The Morgan fingerprint density at radius 3 is 1.90 bits per heavy atom. The van der Waals surface area contributed by atoms with Gasteiger partial charge < -0.3 is 15.3 Å². The number of fused-ring (bicyclic) bond motifs is 2. The third-order valence-corrected chi connectivity index (χ3v) is 6.46. The lowest BCUT2D eigenvalue weighted by Crippen LogP contribution is -2.50. The predicted octanol–water partition coefficient (Wildman–Crippen LogP) is 4.05. The summed E-state index contributed by atoms with van der Waals surface area (Å²) in [6.45, 7) is 1.25. The second-order valence-electron chi connectivity index (χ2n) is 8.02. The first kappa shape index (κ1) is 22.8. The van der Waals surface area contributed by atoms with Gasteiger partial charge in [-0.05, 0) is 48.9 Å². The number of aliphatic hydroxyl groups is 2. The molecule has 6 heteroatoms. The highest BCUT2D eigenvalue weighted by molar-refractivity contribution is 6.30. The number of aliphatic hydroxyl groups excluding tert-OH is 1. The molecule has 162 valence electrons. The minimum atomic E-state index is -2.06. The van der Waals surface area contributed by atoms with Crippen molar-refractivity contribution >= 4 is 17.6 Å². The van der Waals surface area contributed by atoms with Gasteiger partial charge in [-0.25, -0.2) is 4.79 Å². The standard InChI is InChI=1S/C14H11ClO3.C10H19NO/c15-12-8-6-11(7-9-12)14(18,13(16)17)10-4-2-1-3-5-10;12-8-7-11-9-3-1-4-10(11)6-2-5-9/h1-9,18H,(H,16,17);9-10,12H,1-8H2. The van der Waals surface area contributed by atoms with Crippen LogP contribution in [0.4, 0.5) is 0 Å². The molecule has 2 aromatic carbocycles. The van der Waals surface area contributed by atoms with Crippen LogP contribution in [0.5, 0.6) is 0 Å². The van der Waals surface area contributed by atoms with Gasteiger partial charge in [0.15, 0.2) is 0 Å². The third-order valence-electron chi connectivity index (χ3n) is 6.21. The van der Waals surface area contributed by atoms with E-state index in [0.717, 1.165) is 18.6 Å². The summed E-state index contributed by atoms with van der Waals surface area (Å²) in [4.78, 5) is 14.0. The van der Waals surface area contributed by atoms with E-state index in [1.54, 1.807) is 42.5 Å². The molecule has 1 atom stereocenters. The molecule has 1 unspecified atom stereocenters. The molecule has 0 spiro atoms. The van der Waals surface area contributed by atoms with Crippen molar-refractivity contribution in [3.8, 4) is 0 Å². The number of aliphatic carboxylic acids is 1. The molecule has 0 aromatic heterocycles. The Morgan fingerprint density at radius 1 is 0.933 bits per heavy atom. The first-order chi connectivity index (χ1) is 14.5. The molecule has 2 aliphatic rings. The molecule has 30 heavy (non-hydrogen) atoms. The molecule has 2 bridgehead atoms. The molecule has 3 N–H and O–H groups in total. The minimum Gasteiger partial charge on any atom is -0.479 e. The summed E-state index contributed by atoms with van der Waals surface area (Å²) in [5.41, 5.74) is -1.49. The van der Waals surface area contributed by atoms with Crippen LogP contribution in [0.15, 0.2) is 54.6 Å². The lowest BCUT2D eigenvalue weighted by molar-refractivity contribution is -0.155. The smallest absolute Gasteiger partial charge is 0.345 e. The topological polar surface area (TPSA) is 81.0 Å². The molecule has 2 aromatic rings. The predicted molar refractivity (Wildman–Crippen MR) is 118 cm³/mol. The first-order valence-corrected chi connectivity index (χ1v) is 11.0. The average Bonchev–Trinajstić information content (AvgIpc) is 2.75. The summed E-state index contributed by atoms with van der Waals surface area (Å²) in [6.07, 6.45) is 8.31. The lowest BCUT2D eigenvalue weighted by Gasteiger charge is -2.46. The summed E-state index contributed by atoms with van der Waals surface area (Å²) in [7, 11) is 0. The summed E-state index contributed by atoms with van der Waals surface area (Å²) in [6, 6.07) is 16.0. The summed E-state index contributed by atoms with van der Waals surface area (Å²) < 4.78 is 0. The van der Waals surface area contributed by atoms with Crippen molar-refractivity contribution < 1.29 is 20.1 Å². The fourth-order valence-electron chi connectivity index (χ4n) is 4.69. The molecule has 2 heterocycles. The zero-order chi connectivity index (χ0) is 21.6. The van der Waals surface area contributed by atoms with Gasteiger partial charge in [0.2, 0.25) is 5.60 Å². The highest BCUT2D eigenvalue weighted by Crippen LogP contribution is 2.33. The minimum absolute atomic E-state index is 0.269. The van der Waals surface area contributed by atoms with Gasteiger partial charge in [0.1, 0.15) is 0 Å². The number of benzene rings is 2. The second-order valence-corrected chi connectivity index (χ2v) is 8.46. The molecule has 0 amide bonds. The van der Waals surface area contributed by atoms with Crippen molar-refractivity contribution in [1.29, 1.82) is 0 Å². The Morgan fingerprint density at radius 2 is 1.43 bits per heavy atom. The van der Waals surface area contributed by atoms with Crippen LogP contribution in [0.25, 0.3) is 0 Å². The summed E-state index contributed by atoms with van der Waals surface area (Å²) in [5.74, 6) is -1.32. The molecule has 2 saturated heterocycles. The highest BCUT2D eigenvalue weighted by Gasteiger charge is 2.40. The number of hydrogen-bond acceptors (Lipinski definition) is 4. The number of carboxylic acids is 1. The Kier molecular flexibility index (Phi) is 7.89. The fraction of sp³-hybridized carbons (Fsp3) is 0.458. The van der Waals surface area contributed by atoms with Crippen molar-refractivity contribution in [2.45, 2.75) is 56.2 Å². The Hall–Kier alpha value is -1.92. The third kappa shape index (κ3) is 5.03. The van der Waals surface area contributed by atoms with E-state index < -0.39 is 11.6 Å². The molecule has 2 fully saturated rings. The molecular formula is C24H30ClNO4. The number of piperidine rings is 2. The van der Waals surface area contributed by atoms with E-state index in [1.165, 1.54) is 50.7 Å². The number of halogens is 1. The van der Waals surface area contributed by atoms with E-state index in [-0.39, 0.29) is 5.56 Å². The maximum absolute atomic E-state index is 11.4. The first-order valence-electron chi connectivity index (χ1n) is 10.6. The second kappa shape index (κ2) is 10.4. The van der Waals surface area contributed by atoms with Gasteiger partial charge >= 0.3 is 5.97 Å². The van der Waals surface area contributed by atoms with Crippen LogP contribution in [0.2, 0.25) is 5.02 Å². The van der Waals surface area contributed by atoms with E-state index in [2.05, 4.69) is 4.90 Å². The van der Waals surface area contributed by atoms with Crippen LogP contribution in [0, 0.1) is 0 Å². The molecule has 0 saturated carbocycles. The van der Waals surface area contributed by atoms with Crippen LogP contribution in [-0.4, -0.2) is 51.4 Å². The number of rotatable bonds is 5. The molecule has 0 aliphatic carbocycles. The van der Waals surface area contributed by atoms with Gasteiger partial charge in [-0.15, -0.1) is 0 Å². The fourth-order valence-corrected chi connectivity index (χ4v) is 4.82. The Bertz CT molecular complexity index is 792. The van der Waals surface area contributed by atoms with Gasteiger partial charge in [0.05, 0.1) is 6.61 Å². The van der Waals surface area contributed by atoms with E-state index in [4.69, 9.17) is 16.7 Å². The van der Waals surface area contributed by atoms with E-state index in [9.17, 15) is 15.0 Å². The molecule has 5 nitrogen and oxygen atoms in total. The summed E-state index contributed by atoms with van der Waals surface area (Å²) >= 11 is 5.76. The highest BCUT2D eigenvalue weighted by atomic mass is 35.5. The quantitative estimate of drug-likeness (QED) is 0.665. The van der Waals surface area contributed by atoms with Gasteiger partial charge in [0, 0.05) is 23.7 Å². The largest absolute Gasteiger partial charge is 0.479 e. The van der Waals surface area contributed by atoms with E-state index in [1.807, 2.05) is 0 Å². The van der Waals surface area contributed by atoms with Crippen molar-refractivity contribution in [1.82, 2.24) is 4.90 Å². The molecular weight excluding hydrogens is 402 g/mol. The molecule has 0 radical (unpaired) electrons. The number of carboxylic acid groups (broad SMARTS) is 1. The SMILES string of the molecule is O=C(O)C(O)(c1ccccc1)c1ccc(Cl)cc1.OCCN1C2CCCC1CCC2. The number of carbonyl (C=O) groups is 1. The van der Waals surface area contributed by atoms with Crippen LogP contribution >= 0.6 is 11.6 Å². The summed E-state index contributed by atoms with van der Waals surface area (Å²) in [5, 5.41) is 29.2. The molecule has 2 aliphatic heterocycles. The van der Waals surface area contributed by atoms with Gasteiger partial charge in [-0.1, -0.05) is 66.9 Å². The Balaban J connectivity index is 0.000000184. The van der Waals surface area contributed by atoms with E-state index >= 15 is 0 Å². The van der Waals surface area contributed by atoms with Crippen molar-refractivity contribution in [3.63, 3.8) is 0 Å². The monoisotopic (exact) mass is 431 g/mol. The van der Waals surface area contributed by atoms with Crippen LogP contribution in [-0.2, 0) is 10.4 Å². The number of hydrogen-bond donors (Lipinski definition) is 3. The van der Waals surface area contributed by atoms with Crippen molar-refractivity contribution in [3.05, 3.63) is 70.7 Å². The van der Waals surface area contributed by atoms with Gasteiger partial charge in [-0.2, -0.15) is 0 Å². The Labute approximate surface area is 182 Å². The van der Waals surface area contributed by atoms with E-state index in [0.29, 0.717) is 17.2 Å². The van der Waals surface area contributed by atoms with Crippen molar-refractivity contribution in [2.24, 2.45) is 0 Å². The molecule has 4 rings (SSSR count). The van der Waals surface area contributed by atoms with Crippen LogP contribution in [0.1, 0.15) is 49.7 Å². The van der Waals surface area contributed by atoms with Crippen molar-refractivity contribution in [2.75, 3.05) is 13.2 Å². The maximum Gasteiger partial charge on any atom is 0.345 e. The average molecular weight is 432 g/mol. The van der Waals surface area contributed by atoms with Gasteiger partial charge in [-0.3, -0.25) is 4.90 Å². The maximum atomic E-state index is 11.4. The number of nitrogens with zero attached hydrogens (tertiary/aromatic N) is 1. The lowest BCUT2D eigenvalue weighted by atomic mass is 9.84. The van der Waals surface area contributed by atoms with Crippen LogP contribution < -0.4 is 0 Å². The zero-order valence-corrected chi connectivity index (χ0v) is 17.8. The zero-order valence-electron chi connectivity index (χ0n) is 17.1.